The van der Waals surface area contributed by atoms with Crippen molar-refractivity contribution in [2.24, 2.45) is 0 Å². The summed E-state index contributed by atoms with van der Waals surface area (Å²) in [4.78, 5) is 4.68. The lowest BCUT2D eigenvalue weighted by Gasteiger charge is -2.39. The summed E-state index contributed by atoms with van der Waals surface area (Å²) in [7, 11) is 2.15. The zero-order valence-electron chi connectivity index (χ0n) is 14.3. The Morgan fingerprint density at radius 3 is 2.67 bits per heavy atom. The molecule has 2 aliphatic heterocycles. The monoisotopic (exact) mass is 338 g/mol. The molecule has 2 aliphatic rings. The maximum Gasteiger partial charge on any atom is 0.134 e. The molecule has 0 unspecified atom stereocenters. The number of piperidine rings is 1. The Morgan fingerprint density at radius 1 is 1.25 bits per heavy atom. The summed E-state index contributed by atoms with van der Waals surface area (Å²) >= 11 is 0. The van der Waals surface area contributed by atoms with Crippen LogP contribution in [0.2, 0.25) is 0 Å². The van der Waals surface area contributed by atoms with Crippen molar-refractivity contribution in [3.05, 3.63) is 30.1 Å². The molecule has 3 rings (SSSR count). The fourth-order valence-electron chi connectivity index (χ4n) is 3.45. The highest BCUT2D eigenvalue weighted by molar-refractivity contribution is 5.22. The smallest absolute Gasteiger partial charge is 0.134 e. The number of rotatable bonds is 4. The number of halogens is 1. The summed E-state index contributed by atoms with van der Waals surface area (Å²) in [6.07, 6.45) is 2.23. The van der Waals surface area contributed by atoms with Gasteiger partial charge in [0.25, 0.3) is 0 Å². The zero-order valence-corrected chi connectivity index (χ0v) is 14.3. The highest BCUT2D eigenvalue weighted by atomic mass is 19.1. The molecule has 0 aromatic heterocycles. The molecule has 24 heavy (non-hydrogen) atoms. The Kier molecular flexibility index (Phi) is 5.71. The second-order valence-corrected chi connectivity index (χ2v) is 7.02. The zero-order chi connectivity index (χ0) is 17.0. The molecule has 134 valence electrons. The van der Waals surface area contributed by atoms with Crippen molar-refractivity contribution in [2.45, 2.75) is 24.5 Å². The molecule has 0 radical (unpaired) electrons. The van der Waals surface area contributed by atoms with Crippen molar-refractivity contribution in [2.75, 3.05) is 53.0 Å². The summed E-state index contributed by atoms with van der Waals surface area (Å²) in [6, 6.07) is 6.35. The lowest BCUT2D eigenvalue weighted by atomic mass is 10.00. The molecule has 2 saturated heterocycles. The molecule has 1 atom stereocenters. The molecule has 5 nitrogen and oxygen atoms in total. The van der Waals surface area contributed by atoms with Crippen LogP contribution in [0.4, 0.5) is 4.39 Å². The molecule has 2 heterocycles. The lowest BCUT2D eigenvalue weighted by Crippen LogP contribution is -2.53. The highest BCUT2D eigenvalue weighted by Gasteiger charge is 2.36. The van der Waals surface area contributed by atoms with E-state index in [1.807, 2.05) is 0 Å². The number of hydrogen-bond acceptors (Lipinski definition) is 5. The van der Waals surface area contributed by atoms with Gasteiger partial charge in [-0.05, 0) is 57.2 Å². The van der Waals surface area contributed by atoms with Crippen LogP contribution in [0.15, 0.2) is 24.3 Å². The van der Waals surface area contributed by atoms with Crippen LogP contribution in [0.5, 0.6) is 5.75 Å². The molecule has 0 spiro atoms. The van der Waals surface area contributed by atoms with Crippen molar-refractivity contribution in [1.82, 2.24) is 9.80 Å². The van der Waals surface area contributed by atoms with Crippen LogP contribution in [-0.2, 0) is 4.74 Å². The number of benzene rings is 1. The average molecular weight is 338 g/mol. The quantitative estimate of drug-likeness (QED) is 0.898. The predicted molar refractivity (Wildman–Crippen MR) is 89.8 cm³/mol. The van der Waals surface area contributed by atoms with Gasteiger partial charge in [-0.1, -0.05) is 0 Å². The maximum absolute atomic E-state index is 13.0. The van der Waals surface area contributed by atoms with E-state index in [9.17, 15) is 9.50 Å². The SMILES string of the molecule is CN1CCC(N2CCOC[C@@](O)(COc3ccc(F)cc3)C2)CC1. The van der Waals surface area contributed by atoms with Crippen molar-refractivity contribution in [3.63, 3.8) is 0 Å². The van der Waals surface area contributed by atoms with E-state index in [0.29, 0.717) is 24.9 Å². The molecule has 1 aromatic rings. The van der Waals surface area contributed by atoms with E-state index in [-0.39, 0.29) is 19.0 Å². The van der Waals surface area contributed by atoms with Crippen LogP contribution in [0, 0.1) is 5.82 Å². The number of nitrogens with zero attached hydrogens (tertiary/aromatic N) is 2. The van der Waals surface area contributed by atoms with Gasteiger partial charge < -0.3 is 19.5 Å². The first-order valence-electron chi connectivity index (χ1n) is 8.65. The largest absolute Gasteiger partial charge is 0.490 e. The van der Waals surface area contributed by atoms with Gasteiger partial charge in [0.15, 0.2) is 0 Å². The Labute approximate surface area is 143 Å². The van der Waals surface area contributed by atoms with Gasteiger partial charge in [0.1, 0.15) is 23.8 Å². The molecule has 6 heteroatoms. The summed E-state index contributed by atoms with van der Waals surface area (Å²) in [5, 5.41) is 10.9. The third kappa shape index (κ3) is 4.66. The first kappa shape index (κ1) is 17.6. The van der Waals surface area contributed by atoms with Gasteiger partial charge in [0.05, 0.1) is 13.2 Å². The van der Waals surface area contributed by atoms with Gasteiger partial charge in [0.2, 0.25) is 0 Å². The van der Waals surface area contributed by atoms with Crippen LogP contribution in [-0.4, -0.2) is 79.6 Å². The molecule has 1 N–H and O–H groups in total. The highest BCUT2D eigenvalue weighted by Crippen LogP contribution is 2.22. The van der Waals surface area contributed by atoms with Crippen molar-refractivity contribution >= 4 is 0 Å². The Bertz CT molecular complexity index is 520. The third-order valence-corrected chi connectivity index (χ3v) is 4.92. The molecular weight excluding hydrogens is 311 g/mol. The molecule has 0 amide bonds. The molecule has 0 aliphatic carbocycles. The molecule has 1 aromatic carbocycles. The van der Waals surface area contributed by atoms with Gasteiger partial charge >= 0.3 is 0 Å². The summed E-state index contributed by atoms with van der Waals surface area (Å²) in [5.74, 6) is 0.257. The number of likely N-dealkylation sites (tertiary alicyclic amines) is 1. The van der Waals surface area contributed by atoms with Crippen molar-refractivity contribution < 1.29 is 19.0 Å². The van der Waals surface area contributed by atoms with E-state index in [1.165, 1.54) is 12.1 Å². The number of β-amino-alcohol motifs (C(OH)–C–C–N with tert-alkyl or cyclic N) is 1. The van der Waals surface area contributed by atoms with Gasteiger partial charge in [-0.2, -0.15) is 0 Å². The first-order valence-corrected chi connectivity index (χ1v) is 8.65. The van der Waals surface area contributed by atoms with E-state index in [2.05, 4.69) is 16.8 Å². The van der Waals surface area contributed by atoms with E-state index >= 15 is 0 Å². The van der Waals surface area contributed by atoms with Crippen molar-refractivity contribution in [3.8, 4) is 5.75 Å². The topological polar surface area (TPSA) is 45.2 Å². The molecule has 0 saturated carbocycles. The van der Waals surface area contributed by atoms with E-state index < -0.39 is 5.60 Å². The van der Waals surface area contributed by atoms with Crippen LogP contribution < -0.4 is 4.74 Å². The summed E-state index contributed by atoms with van der Waals surface area (Å²) in [5.41, 5.74) is -1.05. The summed E-state index contributed by atoms with van der Waals surface area (Å²) in [6.45, 7) is 4.60. The standard InChI is InChI=1S/C18H27FN2O3/c1-20-8-6-16(7-9-20)21-10-11-23-13-18(22,12-21)14-24-17-4-2-15(19)3-5-17/h2-5,16,22H,6-14H2,1H3/t18-/m1/s1. The summed E-state index contributed by atoms with van der Waals surface area (Å²) < 4.78 is 24.3. The fraction of sp³-hybridized carbons (Fsp3) is 0.667. The fourth-order valence-corrected chi connectivity index (χ4v) is 3.45. The molecule has 0 bridgehead atoms. The minimum atomic E-state index is -1.05. The lowest BCUT2D eigenvalue weighted by molar-refractivity contribution is -0.0687. The Morgan fingerprint density at radius 2 is 1.96 bits per heavy atom. The van der Waals surface area contributed by atoms with E-state index in [1.54, 1.807) is 12.1 Å². The van der Waals surface area contributed by atoms with Gasteiger partial charge in [0, 0.05) is 19.1 Å². The number of hydrogen-bond donors (Lipinski definition) is 1. The van der Waals surface area contributed by atoms with Crippen LogP contribution in [0.3, 0.4) is 0 Å². The minimum Gasteiger partial charge on any atom is -0.490 e. The molecular formula is C18H27FN2O3. The minimum absolute atomic E-state index is 0.141. The predicted octanol–water partition coefficient (Wildman–Crippen LogP) is 1.36. The van der Waals surface area contributed by atoms with E-state index in [4.69, 9.17) is 9.47 Å². The van der Waals surface area contributed by atoms with Gasteiger partial charge in [-0.3, -0.25) is 4.90 Å². The van der Waals surface area contributed by atoms with Gasteiger partial charge in [-0.25, -0.2) is 4.39 Å². The van der Waals surface area contributed by atoms with E-state index in [0.717, 1.165) is 32.5 Å². The maximum atomic E-state index is 13.0. The Hall–Kier alpha value is -1.21. The second-order valence-electron chi connectivity index (χ2n) is 7.02. The van der Waals surface area contributed by atoms with Crippen LogP contribution in [0.1, 0.15) is 12.8 Å². The molecule has 2 fully saturated rings. The van der Waals surface area contributed by atoms with Crippen LogP contribution >= 0.6 is 0 Å². The van der Waals surface area contributed by atoms with Crippen LogP contribution in [0.25, 0.3) is 0 Å². The average Bonchev–Trinajstić information content (AvgIpc) is 2.77. The first-order chi connectivity index (χ1) is 11.5. The van der Waals surface area contributed by atoms with Crippen molar-refractivity contribution in [1.29, 1.82) is 0 Å². The Balaban J connectivity index is 1.59. The number of aliphatic hydroxyl groups is 1. The normalized spacial score (nSPS) is 27.8. The second kappa shape index (κ2) is 7.78. The third-order valence-electron chi connectivity index (χ3n) is 4.92. The number of ether oxygens (including phenoxy) is 2. The van der Waals surface area contributed by atoms with Gasteiger partial charge in [-0.15, -0.1) is 0 Å².